The normalized spacial score (nSPS) is 19.5. The van der Waals surface area contributed by atoms with Gasteiger partial charge in [-0.3, -0.25) is 4.79 Å². The van der Waals surface area contributed by atoms with Crippen molar-refractivity contribution in [1.29, 1.82) is 0 Å². The third-order valence-electron chi connectivity index (χ3n) is 2.54. The molecule has 1 atom stereocenters. The number of carbonyl (C=O) groups is 1. The number of nitrogens with zero attached hydrogens (tertiary/aromatic N) is 1. The van der Waals surface area contributed by atoms with E-state index in [-0.39, 0.29) is 17.2 Å². The first-order valence-corrected chi connectivity index (χ1v) is 5.79. The highest BCUT2D eigenvalue weighted by atomic mass is 16.3. The van der Waals surface area contributed by atoms with Crippen LogP contribution >= 0.6 is 0 Å². The Morgan fingerprint density at radius 3 is 2.82 bits per heavy atom. The lowest BCUT2D eigenvalue weighted by atomic mass is 9.96. The summed E-state index contributed by atoms with van der Waals surface area (Å²) in [5.41, 5.74) is 0.718. The smallest absolute Gasteiger partial charge is 0.192 e. The molecular formula is C13H18N2O2. The summed E-state index contributed by atoms with van der Waals surface area (Å²) >= 11 is 0. The van der Waals surface area contributed by atoms with Crippen molar-refractivity contribution >= 4 is 17.9 Å². The largest absolute Gasteiger partial charge is 0.441 e. The lowest BCUT2D eigenvalue weighted by Gasteiger charge is -2.22. The number of rotatable bonds is 2. The zero-order valence-electron chi connectivity index (χ0n) is 10.7. The Kier molecular flexibility index (Phi) is 2.91. The summed E-state index contributed by atoms with van der Waals surface area (Å²) in [6.07, 6.45) is 3.36. The Bertz CT molecular complexity index is 549. The van der Waals surface area contributed by atoms with E-state index in [2.05, 4.69) is 31.1 Å². The molecule has 2 rings (SSSR count). The molecule has 0 aliphatic heterocycles. The molecule has 0 fully saturated rings. The molecule has 0 saturated carbocycles. The van der Waals surface area contributed by atoms with Gasteiger partial charge in [0.2, 0.25) is 0 Å². The molecule has 1 N–H and O–H groups in total. The molecule has 0 aromatic carbocycles. The van der Waals surface area contributed by atoms with Crippen LogP contribution in [0.2, 0.25) is 0 Å². The first-order valence-electron chi connectivity index (χ1n) is 5.79. The van der Waals surface area contributed by atoms with Crippen LogP contribution in [0.25, 0.3) is 12.2 Å². The third-order valence-corrected chi connectivity index (χ3v) is 2.54. The maximum absolute atomic E-state index is 11.8. The maximum atomic E-state index is 11.8. The predicted molar refractivity (Wildman–Crippen MR) is 65.7 cm³/mol. The van der Waals surface area contributed by atoms with Crippen molar-refractivity contribution in [2.24, 2.45) is 5.41 Å². The van der Waals surface area contributed by atoms with Crippen molar-refractivity contribution in [3.63, 3.8) is 0 Å². The van der Waals surface area contributed by atoms with E-state index in [1.54, 1.807) is 6.92 Å². The quantitative estimate of drug-likeness (QED) is 0.790. The molecule has 4 nitrogen and oxygen atoms in total. The van der Waals surface area contributed by atoms with Crippen molar-refractivity contribution in [1.82, 2.24) is 10.3 Å². The van der Waals surface area contributed by atoms with Gasteiger partial charge in [0.1, 0.15) is 5.35 Å². The van der Waals surface area contributed by atoms with Crippen LogP contribution in [0.4, 0.5) is 0 Å². The second-order valence-corrected chi connectivity index (χ2v) is 5.61. The van der Waals surface area contributed by atoms with Gasteiger partial charge in [0.25, 0.3) is 0 Å². The first-order chi connectivity index (χ1) is 7.85. The van der Waals surface area contributed by atoms with E-state index in [4.69, 9.17) is 4.42 Å². The van der Waals surface area contributed by atoms with Crippen molar-refractivity contribution in [2.45, 2.75) is 33.7 Å². The van der Waals surface area contributed by atoms with Crippen LogP contribution < -0.4 is 16.1 Å². The lowest BCUT2D eigenvalue weighted by molar-refractivity contribution is -0.114. The second kappa shape index (κ2) is 4.11. The number of hydrogen-bond donors (Lipinski definition) is 1. The molecule has 0 saturated heterocycles. The van der Waals surface area contributed by atoms with E-state index in [0.29, 0.717) is 11.3 Å². The van der Waals surface area contributed by atoms with Gasteiger partial charge in [0.05, 0.1) is 6.04 Å². The standard InChI is InChI=1S/C13H18N2O2/c1-8-15-10-5-9(14-7-13(2,3)4)11(16)6-12(10)17-8/h5-6,9,14H,7H2,1-4H3. The molecule has 0 amide bonds. The molecule has 17 heavy (non-hydrogen) atoms. The molecule has 1 aromatic heterocycles. The van der Waals surface area contributed by atoms with Crippen LogP contribution in [-0.2, 0) is 4.79 Å². The summed E-state index contributed by atoms with van der Waals surface area (Å²) < 4.78 is 5.32. The average molecular weight is 234 g/mol. The molecule has 92 valence electrons. The minimum absolute atomic E-state index is 0.0258. The molecule has 0 spiro atoms. The number of carbonyl (C=O) groups excluding carboxylic acids is 1. The zero-order chi connectivity index (χ0) is 12.6. The number of fused-ring (bicyclic) bond motifs is 1. The number of ketones is 1. The topological polar surface area (TPSA) is 55.1 Å². The fourth-order valence-corrected chi connectivity index (χ4v) is 1.72. The monoisotopic (exact) mass is 234 g/mol. The third kappa shape index (κ3) is 2.82. The van der Waals surface area contributed by atoms with Crippen LogP contribution in [-0.4, -0.2) is 23.4 Å². The number of Topliss-reactive ketones (excluding diaryl/α,β-unsaturated/α-hetero) is 1. The van der Waals surface area contributed by atoms with Gasteiger partial charge in [-0.25, -0.2) is 4.98 Å². The van der Waals surface area contributed by atoms with Crippen LogP contribution in [0.15, 0.2) is 4.42 Å². The van der Waals surface area contributed by atoms with Crippen molar-refractivity contribution < 1.29 is 9.21 Å². The fraction of sp³-hybridized carbons (Fsp3) is 0.538. The van der Waals surface area contributed by atoms with Gasteiger partial charge in [0.15, 0.2) is 17.1 Å². The Labute approximate surface area is 100 Å². The molecular weight excluding hydrogens is 216 g/mol. The van der Waals surface area contributed by atoms with Crippen molar-refractivity contribution in [3.8, 4) is 0 Å². The maximum Gasteiger partial charge on any atom is 0.192 e. The summed E-state index contributed by atoms with van der Waals surface area (Å²) in [5, 5.41) is 4.00. The van der Waals surface area contributed by atoms with E-state index in [9.17, 15) is 4.79 Å². The van der Waals surface area contributed by atoms with Gasteiger partial charge in [-0.05, 0) is 11.5 Å². The summed E-state index contributed by atoms with van der Waals surface area (Å²) in [5.74, 6) is 0.615. The summed E-state index contributed by atoms with van der Waals surface area (Å²) in [4.78, 5) is 16.1. The zero-order valence-corrected chi connectivity index (χ0v) is 10.7. The molecule has 0 bridgehead atoms. The second-order valence-electron chi connectivity index (χ2n) is 5.61. The molecule has 1 aliphatic rings. The van der Waals surface area contributed by atoms with Crippen LogP contribution in [0, 0.1) is 12.3 Å². The average Bonchev–Trinajstić information content (AvgIpc) is 2.52. The number of nitrogens with one attached hydrogen (secondary N) is 1. The van der Waals surface area contributed by atoms with Crippen LogP contribution in [0.5, 0.6) is 0 Å². The Morgan fingerprint density at radius 2 is 2.18 bits per heavy atom. The summed E-state index contributed by atoms with van der Waals surface area (Å²) in [6.45, 7) is 8.94. The highest BCUT2D eigenvalue weighted by Crippen LogP contribution is 2.11. The molecule has 0 radical (unpaired) electrons. The van der Waals surface area contributed by atoms with Crippen molar-refractivity contribution in [3.05, 3.63) is 16.7 Å². The molecule has 1 aromatic rings. The predicted octanol–water partition coefficient (Wildman–Crippen LogP) is 0.131. The fourth-order valence-electron chi connectivity index (χ4n) is 1.72. The SMILES string of the molecule is Cc1nc2c(o1)=CC(=O)C(NCC(C)(C)C)C=2. The highest BCUT2D eigenvalue weighted by Gasteiger charge is 2.20. The molecule has 1 unspecified atom stereocenters. The molecule has 4 heteroatoms. The van der Waals surface area contributed by atoms with Crippen LogP contribution in [0.3, 0.4) is 0 Å². The van der Waals surface area contributed by atoms with Crippen molar-refractivity contribution in [2.75, 3.05) is 6.54 Å². The Morgan fingerprint density at radius 1 is 1.47 bits per heavy atom. The van der Waals surface area contributed by atoms with Gasteiger partial charge >= 0.3 is 0 Å². The Balaban J connectivity index is 2.22. The minimum Gasteiger partial charge on any atom is -0.441 e. The number of aromatic nitrogens is 1. The number of hydrogen-bond acceptors (Lipinski definition) is 4. The van der Waals surface area contributed by atoms with Crippen LogP contribution in [0.1, 0.15) is 26.7 Å². The Hall–Kier alpha value is -1.42. The van der Waals surface area contributed by atoms with E-state index < -0.39 is 0 Å². The lowest BCUT2D eigenvalue weighted by Crippen LogP contribution is -2.44. The van der Waals surface area contributed by atoms with Gasteiger partial charge in [-0.1, -0.05) is 20.8 Å². The highest BCUT2D eigenvalue weighted by molar-refractivity contribution is 6.13. The van der Waals surface area contributed by atoms with Gasteiger partial charge < -0.3 is 9.73 Å². The van der Waals surface area contributed by atoms with E-state index in [1.165, 1.54) is 6.08 Å². The van der Waals surface area contributed by atoms with E-state index in [1.807, 2.05) is 6.08 Å². The van der Waals surface area contributed by atoms with Gasteiger partial charge in [-0.15, -0.1) is 0 Å². The molecule has 1 aliphatic carbocycles. The molecule has 1 heterocycles. The summed E-state index contributed by atoms with van der Waals surface area (Å²) in [6, 6.07) is -0.286. The summed E-state index contributed by atoms with van der Waals surface area (Å²) in [7, 11) is 0. The van der Waals surface area contributed by atoms with E-state index >= 15 is 0 Å². The number of aryl methyl sites for hydroxylation is 1. The van der Waals surface area contributed by atoms with Gasteiger partial charge in [0, 0.05) is 19.5 Å². The number of oxazole rings is 1. The van der Waals surface area contributed by atoms with E-state index in [0.717, 1.165) is 11.9 Å². The van der Waals surface area contributed by atoms with Gasteiger partial charge in [-0.2, -0.15) is 0 Å². The minimum atomic E-state index is -0.286. The first kappa shape index (κ1) is 12.0.